The van der Waals surface area contributed by atoms with Crippen LogP contribution in [-0.2, 0) is 13.1 Å². The predicted octanol–water partition coefficient (Wildman–Crippen LogP) is 1.41. The van der Waals surface area contributed by atoms with Crippen molar-refractivity contribution < 1.29 is 23.5 Å². The van der Waals surface area contributed by atoms with Crippen LogP contribution >= 0.6 is 0 Å². The van der Waals surface area contributed by atoms with E-state index in [9.17, 15) is 28.3 Å². The summed E-state index contributed by atoms with van der Waals surface area (Å²) < 4.78 is 28.4. The molecule has 32 heavy (non-hydrogen) atoms. The molecule has 3 aliphatic rings. The molecule has 1 aromatic carbocycles. The minimum Gasteiger partial charge on any atom is -0.503 e. The first-order valence-corrected chi connectivity index (χ1v) is 10.6. The van der Waals surface area contributed by atoms with E-state index in [1.807, 2.05) is 0 Å². The number of fused-ring (bicyclic) bond motifs is 4. The molecule has 10 heteroatoms. The van der Waals surface area contributed by atoms with Gasteiger partial charge in [-0.1, -0.05) is 12.5 Å². The van der Waals surface area contributed by atoms with Gasteiger partial charge in [-0.3, -0.25) is 19.3 Å². The lowest BCUT2D eigenvalue weighted by molar-refractivity contribution is 0.0451. The second-order valence-corrected chi connectivity index (χ2v) is 8.47. The summed E-state index contributed by atoms with van der Waals surface area (Å²) in [5.41, 5.74) is -1.37. The molecule has 5 rings (SSSR count). The van der Waals surface area contributed by atoms with E-state index in [0.29, 0.717) is 19.2 Å². The lowest BCUT2D eigenvalue weighted by Crippen LogP contribution is -2.51. The van der Waals surface area contributed by atoms with Crippen LogP contribution in [-0.4, -0.2) is 56.6 Å². The van der Waals surface area contributed by atoms with Crippen LogP contribution in [0, 0.1) is 11.6 Å². The van der Waals surface area contributed by atoms with E-state index in [2.05, 4.69) is 10.2 Å². The number of carbonyl (C=O) groups is 2. The Morgan fingerprint density at radius 3 is 2.78 bits per heavy atom. The Hall–Kier alpha value is -3.27. The third-order valence-electron chi connectivity index (χ3n) is 6.60. The molecule has 2 atom stereocenters. The van der Waals surface area contributed by atoms with E-state index >= 15 is 0 Å². The number of nitrogens with one attached hydrogen (secondary N) is 1. The average Bonchev–Trinajstić information content (AvgIpc) is 3.14. The molecule has 2 amide bonds. The van der Waals surface area contributed by atoms with Gasteiger partial charge in [0.2, 0.25) is 5.43 Å². The number of aromatic hydroxyl groups is 1. The summed E-state index contributed by atoms with van der Waals surface area (Å²) in [5.74, 6) is -3.57. The number of amides is 2. The minimum atomic E-state index is -0.961. The molecular weight excluding hydrogens is 422 g/mol. The SMILES string of the molecule is O=C(NCc1ccc(F)cc1F)c1cn2c(c(O)c1=O)C(=O)N1C[C@@H]3CCCCN3[C@@H]1C2. The molecule has 8 nitrogen and oxygen atoms in total. The van der Waals surface area contributed by atoms with Gasteiger partial charge in [0.1, 0.15) is 23.4 Å². The summed E-state index contributed by atoms with van der Waals surface area (Å²) in [5, 5.41) is 12.9. The van der Waals surface area contributed by atoms with Gasteiger partial charge in [-0.25, -0.2) is 8.78 Å². The van der Waals surface area contributed by atoms with Gasteiger partial charge in [-0.2, -0.15) is 0 Å². The zero-order chi connectivity index (χ0) is 22.6. The second kappa shape index (κ2) is 7.70. The fourth-order valence-electron chi connectivity index (χ4n) is 4.99. The van der Waals surface area contributed by atoms with Gasteiger partial charge in [-0.15, -0.1) is 0 Å². The van der Waals surface area contributed by atoms with Crippen LogP contribution in [0.15, 0.2) is 29.2 Å². The van der Waals surface area contributed by atoms with Gasteiger partial charge in [-0.05, 0) is 18.9 Å². The number of hydrogen-bond donors (Lipinski definition) is 2. The van der Waals surface area contributed by atoms with Crippen LogP contribution < -0.4 is 10.7 Å². The van der Waals surface area contributed by atoms with Gasteiger partial charge in [0.05, 0.1) is 6.54 Å². The quantitative estimate of drug-likeness (QED) is 0.747. The third-order valence-corrected chi connectivity index (χ3v) is 6.60. The second-order valence-electron chi connectivity index (χ2n) is 8.47. The van der Waals surface area contributed by atoms with Crippen LogP contribution in [0.25, 0.3) is 0 Å². The van der Waals surface area contributed by atoms with E-state index in [0.717, 1.165) is 31.9 Å². The Bertz CT molecular complexity index is 1180. The largest absolute Gasteiger partial charge is 0.503 e. The Labute approximate surface area is 182 Å². The van der Waals surface area contributed by atoms with Crippen molar-refractivity contribution in [3.05, 3.63) is 63.1 Å². The normalized spacial score (nSPS) is 22.3. The van der Waals surface area contributed by atoms with Crippen LogP contribution in [0.2, 0.25) is 0 Å². The maximum absolute atomic E-state index is 13.8. The number of aromatic nitrogens is 1. The molecule has 2 aromatic rings. The van der Waals surface area contributed by atoms with Gasteiger partial charge >= 0.3 is 0 Å². The molecule has 0 spiro atoms. The van der Waals surface area contributed by atoms with Crippen LogP contribution in [0.1, 0.15) is 45.7 Å². The predicted molar refractivity (Wildman–Crippen MR) is 109 cm³/mol. The van der Waals surface area contributed by atoms with Crippen molar-refractivity contribution in [2.75, 3.05) is 13.1 Å². The van der Waals surface area contributed by atoms with Crippen molar-refractivity contribution in [1.29, 1.82) is 0 Å². The van der Waals surface area contributed by atoms with Crippen molar-refractivity contribution in [2.45, 2.75) is 44.6 Å². The van der Waals surface area contributed by atoms with Crippen molar-refractivity contribution in [1.82, 2.24) is 19.7 Å². The summed E-state index contributed by atoms with van der Waals surface area (Å²) in [6.07, 6.45) is 4.23. The highest BCUT2D eigenvalue weighted by atomic mass is 19.1. The van der Waals surface area contributed by atoms with Crippen LogP contribution in [0.5, 0.6) is 5.75 Å². The molecule has 1 aromatic heterocycles. The van der Waals surface area contributed by atoms with Gasteiger partial charge in [0, 0.05) is 43.5 Å². The zero-order valence-electron chi connectivity index (χ0n) is 17.2. The zero-order valence-corrected chi connectivity index (χ0v) is 17.2. The monoisotopic (exact) mass is 444 g/mol. The van der Waals surface area contributed by atoms with E-state index in [1.165, 1.54) is 16.8 Å². The minimum absolute atomic E-state index is 0.0509. The van der Waals surface area contributed by atoms with Gasteiger partial charge in [0.15, 0.2) is 11.4 Å². The summed E-state index contributed by atoms with van der Waals surface area (Å²) in [4.78, 5) is 42.4. The first-order chi connectivity index (χ1) is 15.3. The summed E-state index contributed by atoms with van der Waals surface area (Å²) in [6, 6.07) is 3.23. The Kier molecular flexibility index (Phi) is 4.96. The van der Waals surface area contributed by atoms with E-state index in [1.54, 1.807) is 4.90 Å². The molecule has 4 heterocycles. The number of pyridine rings is 1. The molecule has 0 radical (unpaired) electrons. The molecule has 2 N–H and O–H groups in total. The lowest BCUT2D eigenvalue weighted by atomic mass is 10.0. The van der Waals surface area contributed by atoms with Gasteiger partial charge < -0.3 is 19.9 Å². The Morgan fingerprint density at radius 1 is 1.19 bits per heavy atom. The number of piperidine rings is 1. The van der Waals surface area contributed by atoms with Crippen molar-refractivity contribution in [2.24, 2.45) is 0 Å². The highest BCUT2D eigenvalue weighted by Gasteiger charge is 2.47. The Morgan fingerprint density at radius 2 is 2.00 bits per heavy atom. The molecule has 2 fully saturated rings. The fourth-order valence-corrected chi connectivity index (χ4v) is 4.99. The van der Waals surface area contributed by atoms with Crippen molar-refractivity contribution in [3.8, 4) is 5.75 Å². The smallest absolute Gasteiger partial charge is 0.275 e. The molecule has 0 unspecified atom stereocenters. The molecule has 168 valence electrons. The maximum atomic E-state index is 13.8. The molecule has 2 saturated heterocycles. The molecule has 0 bridgehead atoms. The first-order valence-electron chi connectivity index (χ1n) is 10.6. The molecular formula is C22H22F2N4O4. The maximum Gasteiger partial charge on any atom is 0.275 e. The number of nitrogens with zero attached hydrogens (tertiary/aromatic N) is 3. The number of carbonyl (C=O) groups excluding carboxylic acids is 2. The van der Waals surface area contributed by atoms with E-state index in [4.69, 9.17) is 0 Å². The molecule has 3 aliphatic heterocycles. The van der Waals surface area contributed by atoms with Crippen LogP contribution in [0.3, 0.4) is 0 Å². The molecule has 0 aliphatic carbocycles. The lowest BCUT2D eigenvalue weighted by Gasteiger charge is -2.38. The summed E-state index contributed by atoms with van der Waals surface area (Å²) in [7, 11) is 0. The first kappa shape index (κ1) is 20.6. The topological polar surface area (TPSA) is 94.9 Å². The highest BCUT2D eigenvalue weighted by Crippen LogP contribution is 2.34. The third kappa shape index (κ3) is 3.26. The summed E-state index contributed by atoms with van der Waals surface area (Å²) in [6.45, 7) is 1.50. The Balaban J connectivity index is 1.43. The highest BCUT2D eigenvalue weighted by molar-refractivity contribution is 5.99. The fraction of sp³-hybridized carbons (Fsp3) is 0.409. The number of rotatable bonds is 3. The number of hydrogen-bond acceptors (Lipinski definition) is 5. The summed E-state index contributed by atoms with van der Waals surface area (Å²) >= 11 is 0. The van der Waals surface area contributed by atoms with Crippen molar-refractivity contribution in [3.63, 3.8) is 0 Å². The van der Waals surface area contributed by atoms with Gasteiger partial charge in [0.25, 0.3) is 11.8 Å². The number of halogens is 2. The standard InChI is InChI=1S/C22H22F2N4O4/c23-13-5-4-12(16(24)7-13)8-25-21(31)15-10-26-11-17-27-6-2-1-3-14(27)9-28(17)22(32)18(26)20(30)19(15)29/h4-5,7,10,14,17,30H,1-3,6,8-9,11H2,(H,25,31)/t14-,17-/m0/s1. The van der Waals surface area contributed by atoms with E-state index < -0.39 is 34.6 Å². The molecule has 0 saturated carbocycles. The van der Waals surface area contributed by atoms with E-state index in [-0.39, 0.29) is 35.6 Å². The average molecular weight is 444 g/mol. The number of benzene rings is 1. The van der Waals surface area contributed by atoms with Crippen molar-refractivity contribution >= 4 is 11.8 Å². The van der Waals surface area contributed by atoms with Crippen LogP contribution in [0.4, 0.5) is 8.78 Å².